The van der Waals surface area contributed by atoms with Crippen molar-refractivity contribution >= 4 is 17.5 Å². The Bertz CT molecular complexity index is 929. The predicted molar refractivity (Wildman–Crippen MR) is 110 cm³/mol. The van der Waals surface area contributed by atoms with E-state index >= 15 is 0 Å². The maximum atomic E-state index is 5.41. The molecule has 0 atom stereocenters. The molecule has 1 heterocycles. The van der Waals surface area contributed by atoms with Gasteiger partial charge in [-0.25, -0.2) is 4.98 Å². The summed E-state index contributed by atoms with van der Waals surface area (Å²) in [5.74, 6) is 3.46. The molecule has 2 N–H and O–H groups in total. The highest BCUT2D eigenvalue weighted by Crippen LogP contribution is 2.31. The Balaban J connectivity index is 1.76. The van der Waals surface area contributed by atoms with E-state index in [1.807, 2.05) is 55.5 Å². The van der Waals surface area contributed by atoms with Gasteiger partial charge >= 0.3 is 0 Å². The normalized spacial score (nSPS) is 10.3. The molecule has 28 heavy (non-hydrogen) atoms. The van der Waals surface area contributed by atoms with Crippen molar-refractivity contribution in [3.05, 3.63) is 59.8 Å². The number of nitrogens with one attached hydrogen (secondary N) is 2. The number of benzene rings is 2. The Labute approximate surface area is 164 Å². The first kappa shape index (κ1) is 19.3. The summed E-state index contributed by atoms with van der Waals surface area (Å²) >= 11 is 0. The van der Waals surface area contributed by atoms with E-state index in [0.717, 1.165) is 28.4 Å². The molecule has 3 aromatic rings. The number of rotatable bonds is 8. The number of hydrogen-bond donors (Lipinski definition) is 2. The smallest absolute Gasteiger partial charge is 0.225 e. The van der Waals surface area contributed by atoms with E-state index in [0.29, 0.717) is 24.1 Å². The standard InChI is InChI=1S/C21H24N4O3/c1-14-11-20(24-18-12-17(27-3)9-10-19(18)28-4)25-21(23-14)22-13-15-5-7-16(26-2)8-6-15/h5-12H,13H2,1-4H3,(H2,22,23,24,25). The highest BCUT2D eigenvalue weighted by Gasteiger charge is 2.08. The van der Waals surface area contributed by atoms with Crippen molar-refractivity contribution in [3.8, 4) is 17.2 Å². The van der Waals surface area contributed by atoms with Crippen LogP contribution in [0.2, 0.25) is 0 Å². The van der Waals surface area contributed by atoms with Crippen molar-refractivity contribution in [3.63, 3.8) is 0 Å². The summed E-state index contributed by atoms with van der Waals surface area (Å²) in [6.45, 7) is 2.53. The van der Waals surface area contributed by atoms with Crippen LogP contribution in [0, 0.1) is 6.92 Å². The number of nitrogens with zero attached hydrogens (tertiary/aromatic N) is 2. The molecule has 7 nitrogen and oxygen atoms in total. The molecule has 0 aliphatic carbocycles. The highest BCUT2D eigenvalue weighted by molar-refractivity contribution is 5.67. The van der Waals surface area contributed by atoms with Crippen LogP contribution in [0.1, 0.15) is 11.3 Å². The summed E-state index contributed by atoms with van der Waals surface area (Å²) in [5.41, 5.74) is 2.72. The molecule has 1 aromatic heterocycles. The van der Waals surface area contributed by atoms with Gasteiger partial charge in [-0.05, 0) is 36.8 Å². The summed E-state index contributed by atoms with van der Waals surface area (Å²) < 4.78 is 15.9. The Morgan fingerprint density at radius 1 is 0.821 bits per heavy atom. The van der Waals surface area contributed by atoms with Crippen molar-refractivity contribution in [2.24, 2.45) is 0 Å². The van der Waals surface area contributed by atoms with E-state index in [9.17, 15) is 0 Å². The van der Waals surface area contributed by atoms with Crippen LogP contribution in [0.15, 0.2) is 48.5 Å². The maximum Gasteiger partial charge on any atom is 0.225 e. The van der Waals surface area contributed by atoms with Gasteiger partial charge in [-0.2, -0.15) is 4.98 Å². The van der Waals surface area contributed by atoms with Gasteiger partial charge in [-0.1, -0.05) is 12.1 Å². The van der Waals surface area contributed by atoms with Crippen LogP contribution in [0.25, 0.3) is 0 Å². The fraction of sp³-hybridized carbons (Fsp3) is 0.238. The molecular weight excluding hydrogens is 356 g/mol. The van der Waals surface area contributed by atoms with Crippen molar-refractivity contribution in [2.45, 2.75) is 13.5 Å². The average molecular weight is 380 g/mol. The van der Waals surface area contributed by atoms with Gasteiger partial charge in [-0.15, -0.1) is 0 Å². The molecule has 0 radical (unpaired) electrons. The van der Waals surface area contributed by atoms with Crippen molar-refractivity contribution in [2.75, 3.05) is 32.0 Å². The molecule has 0 bridgehead atoms. The molecule has 146 valence electrons. The van der Waals surface area contributed by atoms with Crippen LogP contribution < -0.4 is 24.8 Å². The van der Waals surface area contributed by atoms with E-state index < -0.39 is 0 Å². The lowest BCUT2D eigenvalue weighted by Crippen LogP contribution is -2.06. The molecule has 0 spiro atoms. The third-order valence-corrected chi connectivity index (χ3v) is 4.13. The molecule has 3 rings (SSSR count). The van der Waals surface area contributed by atoms with Crippen LogP contribution in [0.4, 0.5) is 17.5 Å². The van der Waals surface area contributed by atoms with E-state index in [1.165, 1.54) is 0 Å². The van der Waals surface area contributed by atoms with Crippen molar-refractivity contribution in [1.29, 1.82) is 0 Å². The molecule has 0 saturated heterocycles. The second-order valence-electron chi connectivity index (χ2n) is 6.11. The maximum absolute atomic E-state index is 5.41. The van der Waals surface area contributed by atoms with E-state index in [-0.39, 0.29) is 0 Å². The highest BCUT2D eigenvalue weighted by atomic mass is 16.5. The summed E-state index contributed by atoms with van der Waals surface area (Å²) in [7, 11) is 4.90. The lowest BCUT2D eigenvalue weighted by Gasteiger charge is -2.13. The Hall–Kier alpha value is -3.48. The predicted octanol–water partition coefficient (Wildman–Crippen LogP) is 4.17. The minimum atomic E-state index is 0.542. The van der Waals surface area contributed by atoms with Crippen LogP contribution in [0.5, 0.6) is 17.2 Å². The molecular formula is C21H24N4O3. The van der Waals surface area contributed by atoms with Gasteiger partial charge < -0.3 is 24.8 Å². The molecule has 0 saturated carbocycles. The zero-order valence-electron chi connectivity index (χ0n) is 16.4. The van der Waals surface area contributed by atoms with Gasteiger partial charge in [0.05, 0.1) is 27.0 Å². The average Bonchev–Trinajstić information content (AvgIpc) is 2.72. The lowest BCUT2D eigenvalue weighted by atomic mass is 10.2. The minimum Gasteiger partial charge on any atom is -0.497 e. The van der Waals surface area contributed by atoms with Crippen LogP contribution >= 0.6 is 0 Å². The first-order chi connectivity index (χ1) is 13.6. The summed E-state index contributed by atoms with van der Waals surface area (Å²) in [6.07, 6.45) is 0. The fourth-order valence-corrected chi connectivity index (χ4v) is 2.69. The van der Waals surface area contributed by atoms with Gasteiger partial charge in [0.25, 0.3) is 0 Å². The SMILES string of the molecule is COc1ccc(CNc2nc(C)cc(Nc3cc(OC)ccc3OC)n2)cc1. The Morgan fingerprint density at radius 3 is 2.21 bits per heavy atom. The molecule has 2 aromatic carbocycles. The molecule has 0 unspecified atom stereocenters. The molecule has 0 aliphatic heterocycles. The number of hydrogen-bond acceptors (Lipinski definition) is 7. The lowest BCUT2D eigenvalue weighted by molar-refractivity contribution is 0.405. The number of aromatic nitrogens is 2. The van der Waals surface area contributed by atoms with Crippen molar-refractivity contribution in [1.82, 2.24) is 9.97 Å². The second kappa shape index (κ2) is 8.94. The third kappa shape index (κ3) is 4.82. The Kier molecular flexibility index (Phi) is 6.16. The molecule has 0 amide bonds. The second-order valence-corrected chi connectivity index (χ2v) is 6.11. The number of ether oxygens (including phenoxy) is 3. The Morgan fingerprint density at radius 2 is 1.54 bits per heavy atom. The third-order valence-electron chi connectivity index (χ3n) is 4.13. The van der Waals surface area contributed by atoms with Crippen LogP contribution in [0.3, 0.4) is 0 Å². The molecule has 0 fully saturated rings. The monoisotopic (exact) mass is 380 g/mol. The summed E-state index contributed by atoms with van der Waals surface area (Å²) in [5, 5.41) is 6.54. The van der Waals surface area contributed by atoms with Crippen molar-refractivity contribution < 1.29 is 14.2 Å². The van der Waals surface area contributed by atoms with Crippen LogP contribution in [-0.2, 0) is 6.54 Å². The fourth-order valence-electron chi connectivity index (χ4n) is 2.69. The zero-order valence-corrected chi connectivity index (χ0v) is 16.4. The van der Waals surface area contributed by atoms with Gasteiger partial charge in [0, 0.05) is 24.4 Å². The van der Waals surface area contributed by atoms with Gasteiger partial charge in [-0.3, -0.25) is 0 Å². The van der Waals surface area contributed by atoms with Gasteiger partial charge in [0.1, 0.15) is 23.1 Å². The van der Waals surface area contributed by atoms with E-state index in [4.69, 9.17) is 14.2 Å². The van der Waals surface area contributed by atoms with E-state index in [1.54, 1.807) is 21.3 Å². The number of anilines is 3. The van der Waals surface area contributed by atoms with Gasteiger partial charge in [0.2, 0.25) is 5.95 Å². The first-order valence-corrected chi connectivity index (χ1v) is 8.83. The number of methoxy groups -OCH3 is 3. The topological polar surface area (TPSA) is 77.5 Å². The largest absolute Gasteiger partial charge is 0.497 e. The minimum absolute atomic E-state index is 0.542. The molecule has 7 heteroatoms. The molecule has 0 aliphatic rings. The zero-order chi connectivity index (χ0) is 19.9. The first-order valence-electron chi connectivity index (χ1n) is 8.83. The van der Waals surface area contributed by atoms with Crippen LogP contribution in [-0.4, -0.2) is 31.3 Å². The van der Waals surface area contributed by atoms with Gasteiger partial charge in [0.15, 0.2) is 0 Å². The summed E-state index contributed by atoms with van der Waals surface area (Å²) in [6, 6.07) is 15.3. The summed E-state index contributed by atoms with van der Waals surface area (Å²) in [4.78, 5) is 9.01. The number of aryl methyl sites for hydroxylation is 1. The quantitative estimate of drug-likeness (QED) is 0.607. The van der Waals surface area contributed by atoms with E-state index in [2.05, 4.69) is 20.6 Å².